The van der Waals surface area contributed by atoms with Crippen LogP contribution in [0.2, 0.25) is 0 Å². The predicted molar refractivity (Wildman–Crippen MR) is 73.4 cm³/mol. The maximum atomic E-state index is 2.32. The summed E-state index contributed by atoms with van der Waals surface area (Å²) in [4.78, 5) is 0. The van der Waals surface area contributed by atoms with Gasteiger partial charge in [0, 0.05) is 0 Å². The molecule has 1 aromatic carbocycles. The van der Waals surface area contributed by atoms with Crippen LogP contribution < -0.4 is 0 Å². The standard InChI is InChI=1S/C16H24.Hf/c1-4-5-6-7-8-9-15-10-12-16(13-11-15)14(2)3;/h10-14H,4-8H2,1-3H3;/q;+2. The first kappa shape index (κ1) is 15.0. The van der Waals surface area contributed by atoms with Crippen LogP contribution in [-0.4, -0.2) is 3.26 Å². The van der Waals surface area contributed by atoms with E-state index in [0.29, 0.717) is 5.92 Å². The van der Waals surface area contributed by atoms with E-state index in [1.54, 1.807) is 3.26 Å². The Labute approximate surface area is 121 Å². The summed E-state index contributed by atoms with van der Waals surface area (Å²) >= 11 is 1.21. The molecule has 1 rings (SSSR count). The van der Waals surface area contributed by atoms with Crippen molar-refractivity contribution in [2.45, 2.75) is 58.8 Å². The first-order valence-electron chi connectivity index (χ1n) is 6.83. The van der Waals surface area contributed by atoms with Crippen LogP contribution in [0.4, 0.5) is 0 Å². The molecule has 0 heterocycles. The molecule has 0 aromatic heterocycles. The van der Waals surface area contributed by atoms with Gasteiger partial charge in [-0.15, -0.1) is 0 Å². The third kappa shape index (κ3) is 5.42. The van der Waals surface area contributed by atoms with Gasteiger partial charge in [0.25, 0.3) is 0 Å². The summed E-state index contributed by atoms with van der Waals surface area (Å²) in [6.07, 6.45) is 6.80. The van der Waals surface area contributed by atoms with Gasteiger partial charge in [-0.1, -0.05) is 0 Å². The molecule has 90 valence electrons. The van der Waals surface area contributed by atoms with E-state index < -0.39 is 0 Å². The molecule has 0 radical (unpaired) electrons. The summed E-state index contributed by atoms with van der Waals surface area (Å²) in [5.74, 6) is 0.645. The second-order valence-electron chi connectivity index (χ2n) is 5.07. The molecule has 0 aliphatic heterocycles. The topological polar surface area (TPSA) is 0 Å². The Morgan fingerprint density at radius 3 is 2.24 bits per heavy atom. The first-order chi connectivity index (χ1) is 8.15. The van der Waals surface area contributed by atoms with Crippen molar-refractivity contribution < 1.29 is 23.9 Å². The molecule has 0 bridgehead atoms. The molecule has 0 saturated carbocycles. The Morgan fingerprint density at radius 2 is 1.71 bits per heavy atom. The molecule has 0 aliphatic carbocycles. The Kier molecular flexibility index (Phi) is 7.18. The van der Waals surface area contributed by atoms with Gasteiger partial charge in [-0.2, -0.15) is 0 Å². The van der Waals surface area contributed by atoms with E-state index in [2.05, 4.69) is 45.0 Å². The quantitative estimate of drug-likeness (QED) is 0.458. The van der Waals surface area contributed by atoms with E-state index >= 15 is 0 Å². The van der Waals surface area contributed by atoms with Crippen molar-refractivity contribution in [1.82, 2.24) is 0 Å². The van der Waals surface area contributed by atoms with Crippen LogP contribution in [-0.2, 0) is 23.9 Å². The molecule has 0 unspecified atom stereocenters. The molecule has 0 saturated heterocycles. The molecule has 0 N–H and O–H groups in total. The van der Waals surface area contributed by atoms with Crippen molar-refractivity contribution in [2.75, 3.05) is 0 Å². The summed E-state index contributed by atoms with van der Waals surface area (Å²) in [6.45, 7) is 6.78. The van der Waals surface area contributed by atoms with Crippen molar-refractivity contribution in [1.29, 1.82) is 0 Å². The molecule has 0 spiro atoms. The second-order valence-corrected chi connectivity index (χ2v) is 7.23. The molecule has 0 amide bonds. The van der Waals surface area contributed by atoms with Crippen LogP contribution in [0.3, 0.4) is 0 Å². The average molecular weight is 395 g/mol. The zero-order chi connectivity index (χ0) is 12.7. The third-order valence-corrected chi connectivity index (χ3v) is 5.14. The molecule has 0 aliphatic rings. The Bertz CT molecular complexity index is 335. The zero-order valence-electron chi connectivity index (χ0n) is 11.4. The number of hydrogen-bond acceptors (Lipinski definition) is 0. The van der Waals surface area contributed by atoms with Crippen molar-refractivity contribution in [3.63, 3.8) is 0 Å². The molecule has 0 nitrogen and oxygen atoms in total. The van der Waals surface area contributed by atoms with Crippen LogP contribution in [0.15, 0.2) is 24.3 Å². The Balaban J connectivity index is 2.46. The van der Waals surface area contributed by atoms with E-state index in [9.17, 15) is 0 Å². The summed E-state index contributed by atoms with van der Waals surface area (Å²) in [5, 5.41) is 0. The summed E-state index contributed by atoms with van der Waals surface area (Å²) < 4.78 is 1.68. The molecule has 1 heteroatoms. The predicted octanol–water partition coefficient (Wildman–Crippen LogP) is 4.85. The molecular formula is C16H24Hf+2. The third-order valence-electron chi connectivity index (χ3n) is 3.21. The van der Waals surface area contributed by atoms with Gasteiger partial charge < -0.3 is 0 Å². The van der Waals surface area contributed by atoms with Gasteiger partial charge in [-0.25, -0.2) is 0 Å². The summed E-state index contributed by atoms with van der Waals surface area (Å²) in [5.41, 5.74) is 2.94. The van der Waals surface area contributed by atoms with Gasteiger partial charge in [-0.3, -0.25) is 0 Å². The summed E-state index contributed by atoms with van der Waals surface area (Å²) in [7, 11) is 0. The second kappa shape index (κ2) is 8.13. The Morgan fingerprint density at radius 1 is 1.06 bits per heavy atom. The van der Waals surface area contributed by atoms with E-state index in [1.807, 2.05) is 0 Å². The first-order valence-corrected chi connectivity index (χ1v) is 8.62. The van der Waals surface area contributed by atoms with E-state index in [-0.39, 0.29) is 0 Å². The van der Waals surface area contributed by atoms with Gasteiger partial charge >= 0.3 is 121 Å². The maximum absolute atomic E-state index is 2.32. The average Bonchev–Trinajstić information content (AvgIpc) is 2.34. The van der Waals surface area contributed by atoms with E-state index in [0.717, 1.165) is 0 Å². The van der Waals surface area contributed by atoms with Crippen LogP contribution in [0.1, 0.15) is 69.9 Å². The van der Waals surface area contributed by atoms with Crippen molar-refractivity contribution in [3.8, 4) is 0 Å². The van der Waals surface area contributed by atoms with Gasteiger partial charge in [0.05, 0.1) is 0 Å². The molecular weight excluding hydrogens is 371 g/mol. The fourth-order valence-electron chi connectivity index (χ4n) is 1.94. The van der Waals surface area contributed by atoms with E-state index in [1.165, 1.54) is 67.1 Å². The Hall–Kier alpha value is -0.0399. The number of rotatable bonds is 7. The minimum absolute atomic E-state index is 0.645. The fraction of sp³-hybridized carbons (Fsp3) is 0.562. The van der Waals surface area contributed by atoms with Crippen LogP contribution >= 0.6 is 0 Å². The summed E-state index contributed by atoms with van der Waals surface area (Å²) in [6, 6.07) is 9.23. The molecule has 0 atom stereocenters. The van der Waals surface area contributed by atoms with Gasteiger partial charge in [0.2, 0.25) is 0 Å². The number of unbranched alkanes of at least 4 members (excludes halogenated alkanes) is 3. The van der Waals surface area contributed by atoms with Crippen LogP contribution in [0.5, 0.6) is 0 Å². The monoisotopic (exact) mass is 396 g/mol. The van der Waals surface area contributed by atoms with Crippen molar-refractivity contribution >= 4 is 3.26 Å². The van der Waals surface area contributed by atoms with Crippen molar-refractivity contribution in [2.24, 2.45) is 0 Å². The number of benzene rings is 1. The van der Waals surface area contributed by atoms with Gasteiger partial charge in [0.15, 0.2) is 0 Å². The van der Waals surface area contributed by atoms with Gasteiger partial charge in [-0.05, 0) is 0 Å². The minimum atomic E-state index is 0.645. The molecule has 17 heavy (non-hydrogen) atoms. The van der Waals surface area contributed by atoms with Crippen molar-refractivity contribution in [3.05, 3.63) is 35.4 Å². The molecule has 1 aromatic rings. The van der Waals surface area contributed by atoms with Gasteiger partial charge in [0.1, 0.15) is 0 Å². The van der Waals surface area contributed by atoms with Crippen LogP contribution in [0, 0.1) is 0 Å². The number of hydrogen-bond donors (Lipinski definition) is 0. The van der Waals surface area contributed by atoms with E-state index in [4.69, 9.17) is 0 Å². The molecule has 0 fully saturated rings. The zero-order valence-corrected chi connectivity index (χ0v) is 15.0. The van der Waals surface area contributed by atoms with Crippen LogP contribution in [0.25, 0.3) is 0 Å². The fourth-order valence-corrected chi connectivity index (χ4v) is 3.18. The SMILES string of the molecule is CCCCCC[C](=[Hf+2])c1ccc(C(C)C)cc1. The normalized spacial score (nSPS) is 10.9.